The van der Waals surface area contributed by atoms with E-state index in [0.29, 0.717) is 10.2 Å². The van der Waals surface area contributed by atoms with Crippen LogP contribution in [-0.2, 0) is 4.79 Å². The second-order valence-corrected chi connectivity index (χ2v) is 7.24. The van der Waals surface area contributed by atoms with E-state index in [9.17, 15) is 10.0 Å². The van der Waals surface area contributed by atoms with Gasteiger partial charge in [-0.2, -0.15) is 4.73 Å². The monoisotopic (exact) mass is 357 g/mol. The highest BCUT2D eigenvalue weighted by Crippen LogP contribution is 2.26. The smallest absolute Gasteiger partial charge is 0.252 e. The Morgan fingerprint density at radius 3 is 2.75 bits per heavy atom. The molecule has 2 heterocycles. The molecule has 1 amide bonds. The zero-order chi connectivity index (χ0) is 16.9. The lowest BCUT2D eigenvalue weighted by Gasteiger charge is -2.09. The Labute approximate surface area is 148 Å². The van der Waals surface area contributed by atoms with E-state index < -0.39 is 5.25 Å². The van der Waals surface area contributed by atoms with E-state index in [1.54, 1.807) is 25.1 Å². The van der Waals surface area contributed by atoms with Crippen LogP contribution >= 0.6 is 23.1 Å². The maximum atomic E-state index is 12.3. The molecule has 5 nitrogen and oxygen atoms in total. The molecular formula is C17H15N3O2S2. The predicted molar refractivity (Wildman–Crippen MR) is 96.9 cm³/mol. The second kappa shape index (κ2) is 7.46. The van der Waals surface area contributed by atoms with Crippen LogP contribution in [-0.4, -0.2) is 16.1 Å². The quantitative estimate of drug-likeness (QED) is 0.431. The molecule has 7 heteroatoms. The number of nitrogens with zero attached hydrogens (tertiary/aromatic N) is 2. The van der Waals surface area contributed by atoms with Gasteiger partial charge >= 0.3 is 0 Å². The maximum Gasteiger partial charge on any atom is 0.252 e. The molecule has 1 N–H and O–H groups in total. The van der Waals surface area contributed by atoms with Crippen molar-refractivity contribution < 1.29 is 9.52 Å². The van der Waals surface area contributed by atoms with E-state index in [1.807, 2.05) is 35.7 Å². The van der Waals surface area contributed by atoms with Gasteiger partial charge in [-0.05, 0) is 24.8 Å². The van der Waals surface area contributed by atoms with Crippen LogP contribution in [0.1, 0.15) is 6.92 Å². The first kappa shape index (κ1) is 16.5. The van der Waals surface area contributed by atoms with E-state index in [4.69, 9.17) is 0 Å². The van der Waals surface area contributed by atoms with Gasteiger partial charge in [-0.15, -0.1) is 11.3 Å². The number of carbonyl (C=O) groups excluding carboxylic acids is 1. The van der Waals surface area contributed by atoms with Gasteiger partial charge < -0.3 is 10.5 Å². The molecule has 122 valence electrons. The van der Waals surface area contributed by atoms with Crippen LogP contribution in [0.4, 0.5) is 5.13 Å². The van der Waals surface area contributed by atoms with Crippen molar-refractivity contribution in [1.29, 1.82) is 0 Å². The number of carbonyl (C=O) groups is 1. The molecule has 0 bridgehead atoms. The number of hydrogen-bond acceptors (Lipinski definition) is 5. The molecule has 3 rings (SSSR count). The van der Waals surface area contributed by atoms with Gasteiger partial charge in [0.2, 0.25) is 5.91 Å². The van der Waals surface area contributed by atoms with E-state index in [2.05, 4.69) is 10.3 Å². The molecule has 1 aromatic carbocycles. The summed E-state index contributed by atoms with van der Waals surface area (Å²) in [6, 6.07) is 14.9. The van der Waals surface area contributed by atoms with Gasteiger partial charge in [-0.25, -0.2) is 4.98 Å². The number of aromatic nitrogens is 2. The van der Waals surface area contributed by atoms with Crippen LogP contribution < -0.4 is 10.0 Å². The van der Waals surface area contributed by atoms with Gasteiger partial charge in [0.1, 0.15) is 0 Å². The Hall–Kier alpha value is -2.38. The second-order valence-electron chi connectivity index (χ2n) is 5.02. The van der Waals surface area contributed by atoms with Crippen molar-refractivity contribution in [1.82, 2.24) is 4.98 Å². The normalized spacial score (nSPS) is 11.9. The Kier molecular flexibility index (Phi) is 5.12. The highest BCUT2D eigenvalue weighted by atomic mass is 32.2. The molecule has 3 aromatic rings. The first-order chi connectivity index (χ1) is 11.6. The largest absolute Gasteiger partial charge is 0.618 e. The zero-order valence-corrected chi connectivity index (χ0v) is 14.5. The summed E-state index contributed by atoms with van der Waals surface area (Å²) in [7, 11) is 0. The van der Waals surface area contributed by atoms with Crippen LogP contribution in [0.5, 0.6) is 0 Å². The third-order valence-corrected chi connectivity index (χ3v) is 5.14. The molecule has 0 saturated heterocycles. The number of thiazole rings is 1. The van der Waals surface area contributed by atoms with Crippen molar-refractivity contribution in [2.75, 3.05) is 5.32 Å². The van der Waals surface area contributed by atoms with Crippen LogP contribution in [0.15, 0.2) is 65.1 Å². The fourth-order valence-corrected chi connectivity index (χ4v) is 3.59. The average Bonchev–Trinajstić information content (AvgIpc) is 3.06. The zero-order valence-electron chi connectivity index (χ0n) is 12.9. The Morgan fingerprint density at radius 1 is 1.25 bits per heavy atom. The lowest BCUT2D eigenvalue weighted by atomic mass is 10.2. The molecule has 0 saturated carbocycles. The van der Waals surface area contributed by atoms with Gasteiger partial charge in [-0.1, -0.05) is 30.3 Å². The summed E-state index contributed by atoms with van der Waals surface area (Å²) in [5.74, 6) is -0.183. The number of hydrogen-bond donors (Lipinski definition) is 1. The molecule has 1 atom stereocenters. The molecule has 0 radical (unpaired) electrons. The molecule has 0 spiro atoms. The minimum Gasteiger partial charge on any atom is -0.618 e. The molecule has 2 aromatic heterocycles. The van der Waals surface area contributed by atoms with Crippen LogP contribution in [0, 0.1) is 5.21 Å². The van der Waals surface area contributed by atoms with Gasteiger partial charge in [0.25, 0.3) is 5.03 Å². The molecule has 0 fully saturated rings. The average molecular weight is 357 g/mol. The predicted octanol–water partition coefficient (Wildman–Crippen LogP) is 3.56. The van der Waals surface area contributed by atoms with Crippen LogP contribution in [0.3, 0.4) is 0 Å². The number of rotatable bonds is 5. The summed E-state index contributed by atoms with van der Waals surface area (Å²) in [6.07, 6.45) is 1.42. The SMILES string of the molecule is C[C@H](Sc1cccc[n+]1[O-])C(=O)Nc1nc(-c2ccccc2)cs1. The van der Waals surface area contributed by atoms with Crippen molar-refractivity contribution in [3.63, 3.8) is 0 Å². The number of pyridine rings is 1. The molecule has 0 unspecified atom stereocenters. The minimum atomic E-state index is -0.406. The summed E-state index contributed by atoms with van der Waals surface area (Å²) in [5, 5.41) is 17.0. The summed E-state index contributed by atoms with van der Waals surface area (Å²) in [5.41, 5.74) is 1.84. The molecule has 0 aliphatic carbocycles. The van der Waals surface area contributed by atoms with E-state index in [-0.39, 0.29) is 5.91 Å². The molecular weight excluding hydrogens is 342 g/mol. The number of thioether (sulfide) groups is 1. The first-order valence-electron chi connectivity index (χ1n) is 7.30. The fraction of sp³-hybridized carbons (Fsp3) is 0.118. The Balaban J connectivity index is 1.65. The number of nitrogens with one attached hydrogen (secondary N) is 1. The highest BCUT2D eigenvalue weighted by molar-refractivity contribution is 8.00. The fourth-order valence-electron chi connectivity index (χ4n) is 2.02. The van der Waals surface area contributed by atoms with E-state index >= 15 is 0 Å². The lowest BCUT2D eigenvalue weighted by molar-refractivity contribution is -0.645. The van der Waals surface area contributed by atoms with E-state index in [1.165, 1.54) is 29.3 Å². The first-order valence-corrected chi connectivity index (χ1v) is 9.06. The number of benzene rings is 1. The summed E-state index contributed by atoms with van der Waals surface area (Å²) < 4.78 is 0.755. The lowest BCUT2D eigenvalue weighted by Crippen LogP contribution is -2.30. The van der Waals surface area contributed by atoms with Crippen molar-refractivity contribution in [2.45, 2.75) is 17.2 Å². The van der Waals surface area contributed by atoms with Gasteiger partial charge in [0.15, 0.2) is 11.3 Å². The third kappa shape index (κ3) is 3.93. The highest BCUT2D eigenvalue weighted by Gasteiger charge is 2.19. The minimum absolute atomic E-state index is 0.183. The van der Waals surface area contributed by atoms with Gasteiger partial charge in [0, 0.05) is 23.1 Å². The number of amides is 1. The summed E-state index contributed by atoms with van der Waals surface area (Å²) in [6.45, 7) is 1.76. The summed E-state index contributed by atoms with van der Waals surface area (Å²) >= 11 is 2.60. The standard InChI is InChI=1S/C17H15N3O2S2/c1-12(24-15-9-5-6-10-20(15)22)16(21)19-17-18-14(11-23-17)13-7-3-2-4-8-13/h2-12H,1H3,(H,18,19,21)/t12-/m0/s1. The van der Waals surface area contributed by atoms with Crippen molar-refractivity contribution in [2.24, 2.45) is 0 Å². The van der Waals surface area contributed by atoms with E-state index in [0.717, 1.165) is 16.0 Å². The number of anilines is 1. The third-order valence-electron chi connectivity index (χ3n) is 3.26. The summed E-state index contributed by atoms with van der Waals surface area (Å²) in [4.78, 5) is 16.7. The Bertz CT molecular complexity index is 837. The van der Waals surface area contributed by atoms with Crippen molar-refractivity contribution in [3.8, 4) is 11.3 Å². The molecule has 0 aliphatic rings. The molecule has 0 aliphatic heterocycles. The van der Waals surface area contributed by atoms with Crippen molar-refractivity contribution in [3.05, 3.63) is 65.3 Å². The van der Waals surface area contributed by atoms with Gasteiger partial charge in [-0.3, -0.25) is 4.79 Å². The van der Waals surface area contributed by atoms with Crippen LogP contribution in [0.25, 0.3) is 11.3 Å². The van der Waals surface area contributed by atoms with Gasteiger partial charge in [0.05, 0.1) is 10.9 Å². The Morgan fingerprint density at radius 2 is 2.00 bits per heavy atom. The maximum absolute atomic E-state index is 12.3. The topological polar surface area (TPSA) is 68.9 Å². The molecule has 24 heavy (non-hydrogen) atoms. The van der Waals surface area contributed by atoms with Crippen LogP contribution in [0.2, 0.25) is 0 Å². The van der Waals surface area contributed by atoms with Crippen molar-refractivity contribution >= 4 is 34.1 Å².